The van der Waals surface area contributed by atoms with Crippen molar-refractivity contribution >= 4 is 0 Å². The first-order valence-corrected chi connectivity index (χ1v) is 6.03. The zero-order valence-corrected chi connectivity index (χ0v) is 11.3. The summed E-state index contributed by atoms with van der Waals surface area (Å²) in [5, 5.41) is 0. The molecule has 0 aliphatic rings. The number of hydrogen-bond acceptors (Lipinski definition) is 2. The molecule has 0 unspecified atom stereocenters. The van der Waals surface area contributed by atoms with Crippen molar-refractivity contribution in [1.82, 2.24) is 4.90 Å². The minimum absolute atomic E-state index is 0.844. The molecule has 0 amide bonds. The number of hydrogen-bond donors (Lipinski definition) is 1. The molecular formula is C12H32N2. The lowest BCUT2D eigenvalue weighted by molar-refractivity contribution is 0.398. The molecule has 0 fully saturated rings. The van der Waals surface area contributed by atoms with E-state index in [0.29, 0.717) is 0 Å². The van der Waals surface area contributed by atoms with Gasteiger partial charge >= 0.3 is 0 Å². The quantitative estimate of drug-likeness (QED) is 0.745. The molecule has 0 saturated heterocycles. The summed E-state index contributed by atoms with van der Waals surface area (Å²) >= 11 is 0. The van der Waals surface area contributed by atoms with Crippen LogP contribution in [0.15, 0.2) is 0 Å². The van der Waals surface area contributed by atoms with Crippen molar-refractivity contribution in [3.8, 4) is 0 Å². The van der Waals surface area contributed by atoms with Crippen LogP contribution in [-0.4, -0.2) is 32.1 Å². The minimum Gasteiger partial charge on any atom is -0.330 e. The summed E-state index contributed by atoms with van der Waals surface area (Å²) in [6.45, 7) is 10.4. The molecule has 0 bridgehead atoms. The number of nitrogens with zero attached hydrogens (tertiary/aromatic N) is 1. The normalized spacial score (nSPS) is 8.57. The third-order valence-corrected chi connectivity index (χ3v) is 1.52. The van der Waals surface area contributed by atoms with E-state index < -0.39 is 0 Å². The summed E-state index contributed by atoms with van der Waals surface area (Å²) < 4.78 is 0. The summed E-state index contributed by atoms with van der Waals surface area (Å²) in [5.41, 5.74) is 5.14. The van der Waals surface area contributed by atoms with Gasteiger partial charge in [-0.15, -0.1) is 0 Å². The van der Waals surface area contributed by atoms with E-state index in [2.05, 4.69) is 32.8 Å². The van der Waals surface area contributed by atoms with Crippen molar-refractivity contribution in [2.24, 2.45) is 5.73 Å². The fourth-order valence-electron chi connectivity index (χ4n) is 0.678. The number of rotatable bonds is 5. The summed E-state index contributed by atoms with van der Waals surface area (Å²) in [4.78, 5) is 2.21. The average Bonchev–Trinajstić information content (AvgIpc) is 2.20. The average molecular weight is 204 g/mol. The highest BCUT2D eigenvalue weighted by Gasteiger charge is 1.83. The van der Waals surface area contributed by atoms with Gasteiger partial charge in [0.15, 0.2) is 0 Å². The maximum atomic E-state index is 5.14. The number of nitrogens with two attached hydrogens (primary N) is 1. The van der Waals surface area contributed by atoms with Crippen molar-refractivity contribution in [1.29, 1.82) is 0 Å². The fourth-order valence-corrected chi connectivity index (χ4v) is 0.678. The monoisotopic (exact) mass is 204 g/mol. The Morgan fingerprint density at radius 3 is 1.43 bits per heavy atom. The predicted molar refractivity (Wildman–Crippen MR) is 68.8 cm³/mol. The standard InChI is InChI=1S/C6H15N.C4H11N.C2H6/c1-4-5-6-7(2)3;1-2-3-4-5;1-2/h4-6H2,1-3H3;2-5H2,1H3;1-2H3. The smallest absolute Gasteiger partial charge is 0.00249 e. The Labute approximate surface area is 91.9 Å². The topological polar surface area (TPSA) is 29.3 Å². The van der Waals surface area contributed by atoms with Crippen molar-refractivity contribution in [2.45, 2.75) is 53.4 Å². The Kier molecular flexibility index (Phi) is 32.1. The molecule has 0 aromatic rings. The van der Waals surface area contributed by atoms with Gasteiger partial charge in [0.05, 0.1) is 0 Å². The van der Waals surface area contributed by atoms with Gasteiger partial charge in [-0.05, 0) is 40.0 Å². The van der Waals surface area contributed by atoms with Gasteiger partial charge in [-0.3, -0.25) is 0 Å². The summed E-state index contributed by atoms with van der Waals surface area (Å²) in [7, 11) is 4.21. The summed E-state index contributed by atoms with van der Waals surface area (Å²) in [5.74, 6) is 0. The van der Waals surface area contributed by atoms with E-state index >= 15 is 0 Å². The third-order valence-electron chi connectivity index (χ3n) is 1.52. The molecule has 0 heterocycles. The van der Waals surface area contributed by atoms with Crippen LogP contribution in [0.25, 0.3) is 0 Å². The first kappa shape index (κ1) is 19.5. The lowest BCUT2D eigenvalue weighted by atomic mass is 10.3. The highest BCUT2D eigenvalue weighted by Crippen LogP contribution is 1.86. The molecule has 2 nitrogen and oxygen atoms in total. The summed E-state index contributed by atoms with van der Waals surface area (Å²) in [6.07, 6.45) is 5.02. The zero-order chi connectivity index (χ0) is 11.8. The van der Waals surface area contributed by atoms with Crippen LogP contribution < -0.4 is 5.73 Å². The Balaban J connectivity index is -0.000000152. The van der Waals surface area contributed by atoms with E-state index in [1.165, 1.54) is 32.2 Å². The molecule has 0 spiro atoms. The Hall–Kier alpha value is -0.0800. The second kappa shape index (κ2) is 23.1. The van der Waals surface area contributed by atoms with Crippen molar-refractivity contribution < 1.29 is 0 Å². The van der Waals surface area contributed by atoms with Crippen LogP contribution in [0.1, 0.15) is 53.4 Å². The molecule has 2 N–H and O–H groups in total. The molecule has 0 aromatic heterocycles. The Morgan fingerprint density at radius 2 is 1.36 bits per heavy atom. The van der Waals surface area contributed by atoms with Gasteiger partial charge < -0.3 is 10.6 Å². The lowest BCUT2D eigenvalue weighted by Gasteiger charge is -2.05. The Bertz CT molecular complexity index is 61.3. The van der Waals surface area contributed by atoms with E-state index in [1.807, 2.05) is 13.8 Å². The third kappa shape index (κ3) is 40.6. The van der Waals surface area contributed by atoms with E-state index in [0.717, 1.165) is 6.54 Å². The SMILES string of the molecule is CC.CCCCN.CCCCN(C)C. The van der Waals surface area contributed by atoms with E-state index in [-0.39, 0.29) is 0 Å². The van der Waals surface area contributed by atoms with Crippen LogP contribution in [-0.2, 0) is 0 Å². The van der Waals surface area contributed by atoms with Crippen LogP contribution in [0, 0.1) is 0 Å². The second-order valence-corrected chi connectivity index (χ2v) is 3.30. The lowest BCUT2D eigenvalue weighted by Crippen LogP contribution is -2.12. The maximum absolute atomic E-state index is 5.14. The van der Waals surface area contributed by atoms with E-state index in [9.17, 15) is 0 Å². The van der Waals surface area contributed by atoms with Gasteiger partial charge in [0.25, 0.3) is 0 Å². The highest BCUT2D eigenvalue weighted by molar-refractivity contribution is 4.39. The molecular weight excluding hydrogens is 172 g/mol. The molecule has 0 rings (SSSR count). The molecule has 0 aliphatic heterocycles. The zero-order valence-electron chi connectivity index (χ0n) is 11.3. The minimum atomic E-state index is 0.844. The molecule has 90 valence electrons. The van der Waals surface area contributed by atoms with Crippen LogP contribution in [0.3, 0.4) is 0 Å². The van der Waals surface area contributed by atoms with Crippen LogP contribution >= 0.6 is 0 Å². The van der Waals surface area contributed by atoms with Gasteiger partial charge in [-0.25, -0.2) is 0 Å². The van der Waals surface area contributed by atoms with Gasteiger partial charge in [-0.1, -0.05) is 40.5 Å². The fraction of sp³-hybridized carbons (Fsp3) is 1.00. The van der Waals surface area contributed by atoms with Gasteiger partial charge in [0, 0.05) is 0 Å². The van der Waals surface area contributed by atoms with Gasteiger partial charge in [0.1, 0.15) is 0 Å². The molecule has 2 heteroatoms. The first-order chi connectivity index (χ1) is 6.68. The number of unbranched alkanes of at least 4 members (excludes halogenated alkanes) is 2. The molecule has 14 heavy (non-hydrogen) atoms. The Morgan fingerprint density at radius 1 is 0.929 bits per heavy atom. The molecule has 0 atom stereocenters. The molecule has 0 aliphatic carbocycles. The molecule has 0 aromatic carbocycles. The highest BCUT2D eigenvalue weighted by atomic mass is 15.0. The molecule has 0 saturated carbocycles. The van der Waals surface area contributed by atoms with Crippen LogP contribution in [0.4, 0.5) is 0 Å². The first-order valence-electron chi connectivity index (χ1n) is 6.03. The van der Waals surface area contributed by atoms with Gasteiger partial charge in [0.2, 0.25) is 0 Å². The summed E-state index contributed by atoms with van der Waals surface area (Å²) in [6, 6.07) is 0. The largest absolute Gasteiger partial charge is 0.330 e. The second-order valence-electron chi connectivity index (χ2n) is 3.30. The van der Waals surface area contributed by atoms with Crippen LogP contribution in [0.5, 0.6) is 0 Å². The van der Waals surface area contributed by atoms with Crippen molar-refractivity contribution in [3.63, 3.8) is 0 Å². The predicted octanol–water partition coefficient (Wildman–Crippen LogP) is 3.12. The van der Waals surface area contributed by atoms with Crippen LogP contribution in [0.2, 0.25) is 0 Å². The van der Waals surface area contributed by atoms with Crippen molar-refractivity contribution in [3.05, 3.63) is 0 Å². The van der Waals surface area contributed by atoms with E-state index in [1.54, 1.807) is 0 Å². The molecule has 0 radical (unpaired) electrons. The van der Waals surface area contributed by atoms with Gasteiger partial charge in [-0.2, -0.15) is 0 Å². The van der Waals surface area contributed by atoms with E-state index in [4.69, 9.17) is 5.73 Å². The maximum Gasteiger partial charge on any atom is -0.00249 e. The van der Waals surface area contributed by atoms with Crippen molar-refractivity contribution in [2.75, 3.05) is 27.2 Å².